The summed E-state index contributed by atoms with van der Waals surface area (Å²) in [6.45, 7) is 0. The molecule has 106 valence electrons. The van der Waals surface area contributed by atoms with Gasteiger partial charge in [0.15, 0.2) is 0 Å². The Labute approximate surface area is 129 Å². The van der Waals surface area contributed by atoms with Crippen molar-refractivity contribution in [2.75, 3.05) is 5.73 Å². The van der Waals surface area contributed by atoms with Crippen LogP contribution in [0.25, 0.3) is 11.3 Å². The van der Waals surface area contributed by atoms with Gasteiger partial charge in [-0.1, -0.05) is 33.1 Å². The van der Waals surface area contributed by atoms with Crippen molar-refractivity contribution < 1.29 is 4.42 Å². The van der Waals surface area contributed by atoms with Gasteiger partial charge in [-0.3, -0.25) is 0 Å². The largest absolute Gasteiger partial charge is 0.455 e. The van der Waals surface area contributed by atoms with Crippen molar-refractivity contribution in [1.29, 1.82) is 0 Å². The molecule has 0 aliphatic carbocycles. The highest BCUT2D eigenvalue weighted by molar-refractivity contribution is 6.35. The Bertz CT molecular complexity index is 789. The number of halogens is 2. The lowest BCUT2D eigenvalue weighted by molar-refractivity contribution is 0.573. The first-order valence-corrected chi connectivity index (χ1v) is 6.52. The number of hydrogen-bond donors (Lipinski definition) is 1. The molecule has 0 atom stereocenters. The summed E-state index contributed by atoms with van der Waals surface area (Å²) in [4.78, 5) is 1.08. The molecule has 0 spiro atoms. The molecule has 1 aromatic carbocycles. The third-order valence-corrected chi connectivity index (χ3v) is 2.98. The molecule has 0 bridgehead atoms. The predicted octanol–water partition coefficient (Wildman–Crippen LogP) is 2.70. The molecule has 9 heteroatoms. The van der Waals surface area contributed by atoms with Crippen molar-refractivity contribution >= 4 is 35.4 Å². The van der Waals surface area contributed by atoms with Gasteiger partial charge in [-0.25, -0.2) is 0 Å². The van der Waals surface area contributed by atoms with E-state index in [0.717, 1.165) is 10.4 Å². The van der Waals surface area contributed by atoms with Crippen LogP contribution >= 0.6 is 23.2 Å². The summed E-state index contributed by atoms with van der Waals surface area (Å²) < 4.78 is 5.63. The zero-order valence-corrected chi connectivity index (χ0v) is 12.0. The van der Waals surface area contributed by atoms with Gasteiger partial charge in [0.25, 0.3) is 5.95 Å². The van der Waals surface area contributed by atoms with Gasteiger partial charge < -0.3 is 10.2 Å². The third-order valence-electron chi connectivity index (χ3n) is 2.55. The first-order chi connectivity index (χ1) is 10.1. The molecule has 0 aliphatic heterocycles. The quantitative estimate of drug-likeness (QED) is 0.748. The molecular weight excluding hydrogens is 315 g/mol. The van der Waals surface area contributed by atoms with Crippen LogP contribution in [0.2, 0.25) is 10.0 Å². The molecule has 2 aromatic heterocycles. The second-order valence-electron chi connectivity index (χ2n) is 4.03. The van der Waals surface area contributed by atoms with Crippen molar-refractivity contribution in [2.24, 2.45) is 5.10 Å². The second-order valence-corrected chi connectivity index (χ2v) is 4.90. The number of anilines is 1. The molecule has 3 aromatic rings. The van der Waals surface area contributed by atoms with Gasteiger partial charge in [-0.15, -0.1) is 0 Å². The van der Waals surface area contributed by atoms with Crippen LogP contribution in [0.4, 0.5) is 5.95 Å². The number of hydrogen-bond acceptors (Lipinski definition) is 6. The van der Waals surface area contributed by atoms with E-state index in [2.05, 4.69) is 20.6 Å². The van der Waals surface area contributed by atoms with Crippen LogP contribution in [0, 0.1) is 0 Å². The molecule has 0 radical (unpaired) electrons. The van der Waals surface area contributed by atoms with Gasteiger partial charge in [-0.2, -0.15) is 5.10 Å². The Kier molecular flexibility index (Phi) is 3.59. The van der Waals surface area contributed by atoms with Crippen LogP contribution in [0.1, 0.15) is 5.76 Å². The monoisotopic (exact) mass is 322 g/mol. The van der Waals surface area contributed by atoms with Crippen LogP contribution in [-0.2, 0) is 0 Å². The number of tetrazole rings is 1. The van der Waals surface area contributed by atoms with Crippen molar-refractivity contribution in [2.45, 2.75) is 0 Å². The maximum absolute atomic E-state index is 5.96. The van der Waals surface area contributed by atoms with E-state index in [1.807, 2.05) is 0 Å². The SMILES string of the molecule is Nc1nnnn1/N=C\c1ccc(-c2cc(Cl)cc(Cl)c2)o1. The van der Waals surface area contributed by atoms with Crippen molar-refractivity contribution in [3.63, 3.8) is 0 Å². The van der Waals surface area contributed by atoms with Crippen LogP contribution in [-0.4, -0.2) is 26.5 Å². The van der Waals surface area contributed by atoms with Crippen LogP contribution in [0.3, 0.4) is 0 Å². The Morgan fingerprint density at radius 3 is 2.62 bits per heavy atom. The van der Waals surface area contributed by atoms with Gasteiger partial charge in [0.2, 0.25) is 0 Å². The number of nitrogen functional groups attached to an aromatic ring is 1. The van der Waals surface area contributed by atoms with Crippen LogP contribution < -0.4 is 5.73 Å². The summed E-state index contributed by atoms with van der Waals surface area (Å²) in [5, 5.41) is 15.5. The normalized spacial score (nSPS) is 11.3. The number of aromatic nitrogens is 4. The smallest absolute Gasteiger partial charge is 0.263 e. The van der Waals surface area contributed by atoms with Gasteiger partial charge >= 0.3 is 0 Å². The van der Waals surface area contributed by atoms with E-state index < -0.39 is 0 Å². The summed E-state index contributed by atoms with van der Waals surface area (Å²) in [5.74, 6) is 1.21. The predicted molar refractivity (Wildman–Crippen MR) is 79.4 cm³/mol. The molecule has 7 nitrogen and oxygen atoms in total. The van der Waals surface area contributed by atoms with E-state index in [-0.39, 0.29) is 5.95 Å². The second kappa shape index (κ2) is 5.55. The molecule has 0 saturated carbocycles. The fourth-order valence-electron chi connectivity index (χ4n) is 1.66. The van der Waals surface area contributed by atoms with Crippen molar-refractivity contribution in [3.8, 4) is 11.3 Å². The lowest BCUT2D eigenvalue weighted by Crippen LogP contribution is -1.99. The minimum Gasteiger partial charge on any atom is -0.455 e. The minimum absolute atomic E-state index is 0.0830. The average Bonchev–Trinajstić information content (AvgIpc) is 3.04. The third kappa shape index (κ3) is 3.04. The van der Waals surface area contributed by atoms with Crippen molar-refractivity contribution in [1.82, 2.24) is 20.3 Å². The summed E-state index contributed by atoms with van der Waals surface area (Å²) >= 11 is 11.9. The van der Waals surface area contributed by atoms with Gasteiger partial charge in [0, 0.05) is 15.6 Å². The fraction of sp³-hybridized carbons (Fsp3) is 0. The molecule has 0 fully saturated rings. The highest BCUT2D eigenvalue weighted by atomic mass is 35.5. The summed E-state index contributed by atoms with van der Waals surface area (Å²) in [6.07, 6.45) is 1.45. The zero-order chi connectivity index (χ0) is 14.8. The molecule has 0 saturated heterocycles. The average molecular weight is 323 g/mol. The number of nitrogens with zero attached hydrogens (tertiary/aromatic N) is 5. The van der Waals surface area contributed by atoms with Gasteiger partial charge in [0.1, 0.15) is 11.5 Å². The number of benzene rings is 1. The maximum atomic E-state index is 5.96. The zero-order valence-electron chi connectivity index (χ0n) is 10.4. The molecule has 0 unspecified atom stereocenters. The minimum atomic E-state index is 0.0830. The van der Waals surface area contributed by atoms with E-state index in [1.54, 1.807) is 30.3 Å². The first kappa shape index (κ1) is 13.6. The van der Waals surface area contributed by atoms with Crippen LogP contribution in [0.5, 0.6) is 0 Å². The van der Waals surface area contributed by atoms with Gasteiger partial charge in [0.05, 0.1) is 6.21 Å². The lowest BCUT2D eigenvalue weighted by atomic mass is 10.2. The topological polar surface area (TPSA) is 95.1 Å². The molecule has 2 heterocycles. The summed E-state index contributed by atoms with van der Waals surface area (Å²) in [6, 6.07) is 8.69. The van der Waals surface area contributed by atoms with Crippen LogP contribution in [0.15, 0.2) is 39.9 Å². The number of rotatable bonds is 3. The highest BCUT2D eigenvalue weighted by Gasteiger charge is 2.06. The summed E-state index contributed by atoms with van der Waals surface area (Å²) in [7, 11) is 0. The van der Waals surface area contributed by atoms with Gasteiger partial charge in [-0.05, 0) is 40.8 Å². The molecule has 0 aliphatic rings. The van der Waals surface area contributed by atoms with Crippen molar-refractivity contribution in [3.05, 3.63) is 46.1 Å². The highest BCUT2D eigenvalue weighted by Crippen LogP contribution is 2.28. The standard InChI is InChI=1S/C12H8Cl2N6O/c13-8-3-7(4-9(14)5-8)11-2-1-10(21-11)6-16-20-12(15)17-18-19-20/h1-6H,(H2,15,17,19)/b16-6-. The first-order valence-electron chi connectivity index (χ1n) is 5.76. The lowest BCUT2D eigenvalue weighted by Gasteiger charge is -1.99. The molecule has 2 N–H and O–H groups in total. The molecular formula is C12H8Cl2N6O. The Hall–Kier alpha value is -2.38. The Balaban J connectivity index is 1.86. The number of nitrogens with two attached hydrogens (primary N) is 1. The summed E-state index contributed by atoms with van der Waals surface area (Å²) in [5.41, 5.74) is 6.26. The fourth-order valence-corrected chi connectivity index (χ4v) is 2.18. The van der Waals surface area contributed by atoms with E-state index >= 15 is 0 Å². The van der Waals surface area contributed by atoms with E-state index in [0.29, 0.717) is 21.6 Å². The Morgan fingerprint density at radius 1 is 1.19 bits per heavy atom. The molecule has 0 amide bonds. The van der Waals surface area contributed by atoms with E-state index in [4.69, 9.17) is 33.4 Å². The Morgan fingerprint density at radius 2 is 1.95 bits per heavy atom. The molecule has 3 rings (SSSR count). The van der Waals surface area contributed by atoms with E-state index in [9.17, 15) is 0 Å². The van der Waals surface area contributed by atoms with E-state index in [1.165, 1.54) is 6.21 Å². The molecule has 21 heavy (non-hydrogen) atoms. The maximum Gasteiger partial charge on any atom is 0.263 e. The number of furan rings is 1.